The summed E-state index contributed by atoms with van der Waals surface area (Å²) in [6.45, 7) is 6.51. The maximum atomic E-state index is 5.32. The molecule has 92 valence electrons. The number of ether oxygens (including phenoxy) is 3. The number of hydrogen-bond donors (Lipinski definition) is 1. The predicted molar refractivity (Wildman–Crippen MR) is 61.2 cm³/mol. The summed E-state index contributed by atoms with van der Waals surface area (Å²) in [5.74, 6) is 0. The zero-order valence-electron chi connectivity index (χ0n) is 10.6. The van der Waals surface area contributed by atoms with Gasteiger partial charge in [0.2, 0.25) is 0 Å². The maximum absolute atomic E-state index is 5.32. The molecule has 15 heavy (non-hydrogen) atoms. The molecule has 0 aromatic carbocycles. The lowest BCUT2D eigenvalue weighted by Gasteiger charge is -2.23. The fourth-order valence-electron chi connectivity index (χ4n) is 1.15. The Bertz CT molecular complexity index is 151. The minimum atomic E-state index is -0.0587. The third kappa shape index (κ3) is 7.73. The van der Waals surface area contributed by atoms with E-state index < -0.39 is 0 Å². The second-order valence-electron chi connectivity index (χ2n) is 4.23. The summed E-state index contributed by atoms with van der Waals surface area (Å²) in [7, 11) is 5.12. The fraction of sp³-hybridized carbons (Fsp3) is 1.00. The topological polar surface area (TPSA) is 39.7 Å². The SMILES string of the molecule is COCC(CNCCC(C)(C)OC)OC. The lowest BCUT2D eigenvalue weighted by atomic mass is 10.1. The minimum absolute atomic E-state index is 0.0587. The van der Waals surface area contributed by atoms with Crippen molar-refractivity contribution in [1.82, 2.24) is 5.32 Å². The third-order valence-corrected chi connectivity index (χ3v) is 2.51. The Kier molecular flexibility index (Phi) is 7.96. The van der Waals surface area contributed by atoms with Gasteiger partial charge in [-0.2, -0.15) is 0 Å². The van der Waals surface area contributed by atoms with Crippen molar-refractivity contribution in [3.8, 4) is 0 Å². The van der Waals surface area contributed by atoms with Crippen molar-refractivity contribution in [3.05, 3.63) is 0 Å². The normalized spacial score (nSPS) is 14.2. The van der Waals surface area contributed by atoms with Gasteiger partial charge >= 0.3 is 0 Å². The molecule has 1 N–H and O–H groups in total. The van der Waals surface area contributed by atoms with Crippen molar-refractivity contribution in [2.75, 3.05) is 41.0 Å². The van der Waals surface area contributed by atoms with Crippen LogP contribution in [0.3, 0.4) is 0 Å². The highest BCUT2D eigenvalue weighted by atomic mass is 16.5. The highest BCUT2D eigenvalue weighted by Crippen LogP contribution is 2.11. The van der Waals surface area contributed by atoms with E-state index in [-0.39, 0.29) is 11.7 Å². The Hall–Kier alpha value is -0.160. The first kappa shape index (κ1) is 14.8. The Labute approximate surface area is 93.3 Å². The third-order valence-electron chi connectivity index (χ3n) is 2.51. The average Bonchev–Trinajstić information content (AvgIpc) is 2.22. The average molecular weight is 219 g/mol. The summed E-state index contributed by atoms with van der Waals surface area (Å²) in [4.78, 5) is 0. The van der Waals surface area contributed by atoms with Crippen LogP contribution in [-0.2, 0) is 14.2 Å². The Morgan fingerprint density at radius 2 is 1.87 bits per heavy atom. The number of nitrogens with one attached hydrogen (secondary N) is 1. The van der Waals surface area contributed by atoms with Crippen LogP contribution in [-0.4, -0.2) is 52.7 Å². The summed E-state index contributed by atoms with van der Waals surface area (Å²) in [5, 5.41) is 3.33. The quantitative estimate of drug-likeness (QED) is 0.588. The van der Waals surface area contributed by atoms with Crippen LogP contribution >= 0.6 is 0 Å². The molecular weight excluding hydrogens is 194 g/mol. The Balaban J connectivity index is 3.52. The van der Waals surface area contributed by atoms with Crippen LogP contribution in [0, 0.1) is 0 Å². The van der Waals surface area contributed by atoms with E-state index in [1.165, 1.54) is 0 Å². The summed E-state index contributed by atoms with van der Waals surface area (Å²) in [6, 6.07) is 0. The van der Waals surface area contributed by atoms with E-state index in [0.717, 1.165) is 19.5 Å². The Morgan fingerprint density at radius 3 is 2.33 bits per heavy atom. The molecule has 0 radical (unpaired) electrons. The second kappa shape index (κ2) is 8.05. The first-order valence-corrected chi connectivity index (χ1v) is 5.33. The maximum Gasteiger partial charge on any atom is 0.0928 e. The molecule has 0 saturated carbocycles. The molecule has 4 nitrogen and oxygen atoms in total. The zero-order valence-corrected chi connectivity index (χ0v) is 10.6. The molecule has 0 aliphatic carbocycles. The molecule has 0 saturated heterocycles. The van der Waals surface area contributed by atoms with Crippen LogP contribution < -0.4 is 5.32 Å². The summed E-state index contributed by atoms with van der Waals surface area (Å²) >= 11 is 0. The van der Waals surface area contributed by atoms with E-state index in [2.05, 4.69) is 19.2 Å². The first-order chi connectivity index (χ1) is 7.05. The van der Waals surface area contributed by atoms with Gasteiger partial charge in [0.1, 0.15) is 0 Å². The minimum Gasteiger partial charge on any atom is -0.382 e. The molecule has 0 spiro atoms. The highest BCUT2D eigenvalue weighted by Gasteiger charge is 2.15. The molecular formula is C11H25NO3. The van der Waals surface area contributed by atoms with Gasteiger partial charge in [-0.05, 0) is 26.8 Å². The monoisotopic (exact) mass is 219 g/mol. The molecule has 0 aliphatic rings. The van der Waals surface area contributed by atoms with Crippen LogP contribution in [0.15, 0.2) is 0 Å². The van der Waals surface area contributed by atoms with E-state index in [0.29, 0.717) is 6.61 Å². The summed E-state index contributed by atoms with van der Waals surface area (Å²) in [6.07, 6.45) is 1.10. The van der Waals surface area contributed by atoms with Crippen molar-refractivity contribution in [2.24, 2.45) is 0 Å². The fourth-order valence-corrected chi connectivity index (χ4v) is 1.15. The van der Waals surface area contributed by atoms with E-state index in [4.69, 9.17) is 14.2 Å². The largest absolute Gasteiger partial charge is 0.382 e. The predicted octanol–water partition coefficient (Wildman–Crippen LogP) is 1.05. The molecule has 0 aliphatic heterocycles. The van der Waals surface area contributed by atoms with Gasteiger partial charge in [-0.3, -0.25) is 0 Å². The molecule has 1 unspecified atom stereocenters. The Morgan fingerprint density at radius 1 is 1.20 bits per heavy atom. The molecule has 0 aromatic heterocycles. The zero-order chi connectivity index (χ0) is 11.7. The van der Waals surface area contributed by atoms with Gasteiger partial charge in [-0.15, -0.1) is 0 Å². The van der Waals surface area contributed by atoms with Gasteiger partial charge in [0, 0.05) is 27.9 Å². The van der Waals surface area contributed by atoms with E-state index >= 15 is 0 Å². The molecule has 4 heteroatoms. The van der Waals surface area contributed by atoms with E-state index in [9.17, 15) is 0 Å². The van der Waals surface area contributed by atoms with Crippen LogP contribution in [0.25, 0.3) is 0 Å². The van der Waals surface area contributed by atoms with Crippen molar-refractivity contribution >= 4 is 0 Å². The van der Waals surface area contributed by atoms with Crippen molar-refractivity contribution < 1.29 is 14.2 Å². The van der Waals surface area contributed by atoms with E-state index in [1.807, 2.05) is 0 Å². The lowest BCUT2D eigenvalue weighted by molar-refractivity contribution is 0.0110. The molecule has 0 amide bonds. The van der Waals surface area contributed by atoms with Crippen LogP contribution in [0.4, 0.5) is 0 Å². The summed E-state index contributed by atoms with van der Waals surface area (Å²) in [5.41, 5.74) is -0.0587. The van der Waals surface area contributed by atoms with Gasteiger partial charge in [0.05, 0.1) is 18.3 Å². The van der Waals surface area contributed by atoms with Gasteiger partial charge < -0.3 is 19.5 Å². The molecule has 0 rings (SSSR count). The van der Waals surface area contributed by atoms with E-state index in [1.54, 1.807) is 21.3 Å². The molecule has 0 bridgehead atoms. The highest BCUT2D eigenvalue weighted by molar-refractivity contribution is 4.70. The molecule has 0 heterocycles. The van der Waals surface area contributed by atoms with Gasteiger partial charge in [0.15, 0.2) is 0 Å². The number of methoxy groups -OCH3 is 3. The molecule has 0 aromatic rings. The second-order valence-corrected chi connectivity index (χ2v) is 4.23. The van der Waals surface area contributed by atoms with Gasteiger partial charge in [-0.1, -0.05) is 0 Å². The van der Waals surface area contributed by atoms with Crippen molar-refractivity contribution in [1.29, 1.82) is 0 Å². The smallest absolute Gasteiger partial charge is 0.0928 e. The van der Waals surface area contributed by atoms with Crippen LogP contribution in [0.5, 0.6) is 0 Å². The van der Waals surface area contributed by atoms with Crippen molar-refractivity contribution in [2.45, 2.75) is 32.0 Å². The number of rotatable bonds is 9. The van der Waals surface area contributed by atoms with Gasteiger partial charge in [0.25, 0.3) is 0 Å². The molecule has 0 fully saturated rings. The summed E-state index contributed by atoms with van der Waals surface area (Å²) < 4.78 is 15.6. The lowest BCUT2D eigenvalue weighted by Crippen LogP contribution is -2.35. The first-order valence-electron chi connectivity index (χ1n) is 5.33. The standard InChI is InChI=1S/C11H25NO3/c1-11(2,15-5)6-7-12-8-10(14-4)9-13-3/h10,12H,6-9H2,1-5H3. The number of hydrogen-bond acceptors (Lipinski definition) is 4. The van der Waals surface area contributed by atoms with Crippen LogP contribution in [0.1, 0.15) is 20.3 Å². The van der Waals surface area contributed by atoms with Gasteiger partial charge in [-0.25, -0.2) is 0 Å². The molecule has 1 atom stereocenters. The van der Waals surface area contributed by atoms with Crippen molar-refractivity contribution in [3.63, 3.8) is 0 Å². The van der Waals surface area contributed by atoms with Crippen LogP contribution in [0.2, 0.25) is 0 Å².